The first kappa shape index (κ1) is 7.76. The molecule has 0 aliphatic carbocycles. The molecule has 0 fully saturated rings. The van der Waals surface area contributed by atoms with Crippen LogP contribution in [0.3, 0.4) is 0 Å². The maximum Gasteiger partial charge on any atom is 0.329 e. The van der Waals surface area contributed by atoms with E-state index in [1.54, 1.807) is 6.07 Å². The van der Waals surface area contributed by atoms with Crippen molar-refractivity contribution in [1.82, 2.24) is 0 Å². The fourth-order valence-corrected chi connectivity index (χ4v) is 0.992. The topological polar surface area (TPSA) is 20.2 Å². The van der Waals surface area contributed by atoms with Crippen molar-refractivity contribution >= 4 is 28.9 Å². The van der Waals surface area contributed by atoms with Gasteiger partial charge in [0.15, 0.2) is 0 Å². The second kappa shape index (κ2) is 3.17. The quantitative estimate of drug-likeness (QED) is 0.668. The summed E-state index contributed by atoms with van der Waals surface area (Å²) in [7, 11) is 0.736. The van der Waals surface area contributed by atoms with Crippen molar-refractivity contribution in [2.24, 2.45) is 0 Å². The van der Waals surface area contributed by atoms with Gasteiger partial charge in [0.05, 0.1) is 0 Å². The number of hydrogen-bond donors (Lipinski definition) is 1. The SMILES string of the molecule is O[B]c1cc(Br)ccc1F. The molecule has 51 valence electrons. The molecule has 0 saturated heterocycles. The standard InChI is InChI=1S/C6H4BBrFO/c8-4-1-2-6(9)5(3-4)7-10/h1-3,10H. The first-order chi connectivity index (χ1) is 4.74. The van der Waals surface area contributed by atoms with E-state index in [0.29, 0.717) is 0 Å². The van der Waals surface area contributed by atoms with Gasteiger partial charge < -0.3 is 5.02 Å². The Kier molecular flexibility index (Phi) is 2.46. The van der Waals surface area contributed by atoms with Gasteiger partial charge in [-0.25, -0.2) is 4.39 Å². The van der Waals surface area contributed by atoms with Crippen molar-refractivity contribution < 1.29 is 9.41 Å². The number of rotatable bonds is 1. The van der Waals surface area contributed by atoms with E-state index in [2.05, 4.69) is 15.9 Å². The number of halogens is 2. The molecule has 0 unspecified atom stereocenters. The molecule has 0 heterocycles. The Morgan fingerprint density at radius 2 is 2.20 bits per heavy atom. The molecule has 1 rings (SSSR count). The second-order valence-corrected chi connectivity index (χ2v) is 2.71. The zero-order valence-electron chi connectivity index (χ0n) is 5.01. The highest BCUT2D eigenvalue weighted by molar-refractivity contribution is 9.10. The number of benzene rings is 1. The maximum atomic E-state index is 12.6. The van der Waals surface area contributed by atoms with Crippen molar-refractivity contribution in [2.45, 2.75) is 0 Å². The van der Waals surface area contributed by atoms with Crippen LogP contribution in [0.25, 0.3) is 0 Å². The third kappa shape index (κ3) is 1.58. The van der Waals surface area contributed by atoms with E-state index in [9.17, 15) is 4.39 Å². The van der Waals surface area contributed by atoms with Crippen molar-refractivity contribution in [3.63, 3.8) is 0 Å². The van der Waals surface area contributed by atoms with E-state index in [1.165, 1.54) is 12.1 Å². The molecule has 0 bridgehead atoms. The number of hydrogen-bond acceptors (Lipinski definition) is 1. The fraction of sp³-hybridized carbons (Fsp3) is 0. The first-order valence-electron chi connectivity index (χ1n) is 2.66. The molecule has 0 spiro atoms. The lowest BCUT2D eigenvalue weighted by Crippen LogP contribution is -2.17. The summed E-state index contributed by atoms with van der Waals surface area (Å²) in [5.74, 6) is -0.425. The molecule has 0 aliphatic rings. The summed E-state index contributed by atoms with van der Waals surface area (Å²) in [6.45, 7) is 0. The molecule has 0 atom stereocenters. The zero-order chi connectivity index (χ0) is 7.56. The van der Waals surface area contributed by atoms with Crippen molar-refractivity contribution in [2.75, 3.05) is 0 Å². The molecule has 4 heteroatoms. The summed E-state index contributed by atoms with van der Waals surface area (Å²) in [6, 6.07) is 4.35. The smallest absolute Gasteiger partial charge is 0.329 e. The molecule has 0 aliphatic heterocycles. The predicted molar refractivity (Wildman–Crippen MR) is 41.7 cm³/mol. The molecule has 10 heavy (non-hydrogen) atoms. The van der Waals surface area contributed by atoms with E-state index in [0.717, 1.165) is 12.0 Å². The highest BCUT2D eigenvalue weighted by Crippen LogP contribution is 2.06. The van der Waals surface area contributed by atoms with Gasteiger partial charge in [0, 0.05) is 4.47 Å². The average molecular weight is 202 g/mol. The van der Waals surface area contributed by atoms with Crippen LogP contribution in [0.5, 0.6) is 0 Å². The zero-order valence-corrected chi connectivity index (χ0v) is 6.60. The van der Waals surface area contributed by atoms with Crippen LogP contribution in [-0.2, 0) is 0 Å². The van der Waals surface area contributed by atoms with E-state index in [-0.39, 0.29) is 5.46 Å². The molecular formula is C6H4BBrFO. The van der Waals surface area contributed by atoms with Crippen LogP contribution in [-0.4, -0.2) is 12.5 Å². The van der Waals surface area contributed by atoms with Crippen molar-refractivity contribution in [3.05, 3.63) is 28.5 Å². The van der Waals surface area contributed by atoms with Crippen LogP contribution in [0.4, 0.5) is 4.39 Å². The average Bonchev–Trinajstić information content (AvgIpc) is 1.94. The van der Waals surface area contributed by atoms with E-state index >= 15 is 0 Å². The third-order valence-electron chi connectivity index (χ3n) is 1.10. The van der Waals surface area contributed by atoms with Gasteiger partial charge in [-0.05, 0) is 23.7 Å². The van der Waals surface area contributed by atoms with Crippen LogP contribution in [0, 0.1) is 5.82 Å². The molecule has 1 aromatic carbocycles. The lowest BCUT2D eigenvalue weighted by Gasteiger charge is -1.96. The molecule has 1 radical (unpaired) electrons. The normalized spacial score (nSPS) is 9.50. The molecule has 0 saturated carbocycles. The summed E-state index contributed by atoms with van der Waals surface area (Å²) in [4.78, 5) is 0. The van der Waals surface area contributed by atoms with Gasteiger partial charge >= 0.3 is 7.48 Å². The Morgan fingerprint density at radius 3 is 2.70 bits per heavy atom. The summed E-state index contributed by atoms with van der Waals surface area (Å²) in [6.07, 6.45) is 0. The van der Waals surface area contributed by atoms with Crippen molar-refractivity contribution in [3.8, 4) is 0 Å². The minimum absolute atomic E-state index is 0.189. The van der Waals surface area contributed by atoms with Gasteiger partial charge in [-0.2, -0.15) is 0 Å². The molecular weight excluding hydrogens is 198 g/mol. The van der Waals surface area contributed by atoms with Gasteiger partial charge in [0.1, 0.15) is 5.82 Å². The van der Waals surface area contributed by atoms with Crippen molar-refractivity contribution in [1.29, 1.82) is 0 Å². The maximum absolute atomic E-state index is 12.6. The Balaban J connectivity index is 3.09. The molecule has 1 nitrogen and oxygen atoms in total. The third-order valence-corrected chi connectivity index (χ3v) is 1.59. The van der Waals surface area contributed by atoms with Crippen LogP contribution in [0.15, 0.2) is 22.7 Å². The monoisotopic (exact) mass is 201 g/mol. The Hall–Kier alpha value is -0.345. The molecule has 1 N–H and O–H groups in total. The summed E-state index contributed by atoms with van der Waals surface area (Å²) in [5, 5.41) is 8.46. The summed E-state index contributed by atoms with van der Waals surface area (Å²) in [5.41, 5.74) is 0.189. The molecule has 1 aromatic rings. The minimum Gasteiger partial charge on any atom is -0.450 e. The van der Waals surface area contributed by atoms with Gasteiger partial charge in [-0.3, -0.25) is 0 Å². The fourth-order valence-electron chi connectivity index (χ4n) is 0.614. The van der Waals surface area contributed by atoms with Crippen LogP contribution < -0.4 is 5.46 Å². The van der Waals surface area contributed by atoms with E-state index in [1.807, 2.05) is 0 Å². The highest BCUT2D eigenvalue weighted by atomic mass is 79.9. The van der Waals surface area contributed by atoms with Gasteiger partial charge in [0.2, 0.25) is 0 Å². The summed E-state index contributed by atoms with van der Waals surface area (Å²) < 4.78 is 13.3. The molecule has 0 aromatic heterocycles. The first-order valence-corrected chi connectivity index (χ1v) is 3.46. The Morgan fingerprint density at radius 1 is 1.50 bits per heavy atom. The molecule has 0 amide bonds. The summed E-state index contributed by atoms with van der Waals surface area (Å²) >= 11 is 3.14. The van der Waals surface area contributed by atoms with Gasteiger partial charge in [0.25, 0.3) is 0 Å². The lowest BCUT2D eigenvalue weighted by atomic mass is 9.88. The van der Waals surface area contributed by atoms with E-state index in [4.69, 9.17) is 5.02 Å². The second-order valence-electron chi connectivity index (χ2n) is 1.79. The lowest BCUT2D eigenvalue weighted by molar-refractivity contribution is 0.602. The van der Waals surface area contributed by atoms with Crippen LogP contribution >= 0.6 is 15.9 Å². The van der Waals surface area contributed by atoms with Crippen LogP contribution in [0.2, 0.25) is 0 Å². The Bertz CT molecular complexity index is 241. The minimum atomic E-state index is -0.425. The largest absolute Gasteiger partial charge is 0.450 e. The van der Waals surface area contributed by atoms with Gasteiger partial charge in [-0.1, -0.05) is 15.9 Å². The van der Waals surface area contributed by atoms with Gasteiger partial charge in [-0.15, -0.1) is 0 Å². The van der Waals surface area contributed by atoms with Crippen LogP contribution in [0.1, 0.15) is 0 Å². The Labute approximate surface area is 67.3 Å². The highest BCUT2D eigenvalue weighted by Gasteiger charge is 2.01. The predicted octanol–water partition coefficient (Wildman–Crippen LogP) is 0.825. The van der Waals surface area contributed by atoms with E-state index < -0.39 is 5.82 Å².